The minimum absolute atomic E-state index is 0.293. The highest BCUT2D eigenvalue weighted by Crippen LogP contribution is 2.19. The van der Waals surface area contributed by atoms with Crippen LogP contribution in [0.25, 0.3) is 0 Å². The fraction of sp³-hybridized carbons (Fsp3) is 0.615. The van der Waals surface area contributed by atoms with E-state index in [0.29, 0.717) is 12.5 Å². The predicted octanol–water partition coefficient (Wildman–Crippen LogP) is 1.21. The Morgan fingerprint density at radius 1 is 1.53 bits per heavy atom. The van der Waals surface area contributed by atoms with Crippen molar-refractivity contribution in [3.8, 4) is 5.75 Å². The van der Waals surface area contributed by atoms with E-state index in [1.807, 2.05) is 19.1 Å². The molecule has 2 heterocycles. The molecule has 1 aliphatic heterocycles. The molecule has 1 aromatic heterocycles. The van der Waals surface area contributed by atoms with Crippen LogP contribution < -0.4 is 4.74 Å². The average Bonchev–Trinajstić information content (AvgIpc) is 2.76. The largest absolute Gasteiger partial charge is 0.497 e. The highest BCUT2D eigenvalue weighted by molar-refractivity contribution is 5.26. The van der Waals surface area contributed by atoms with Crippen molar-refractivity contribution in [3.05, 3.63) is 23.5 Å². The van der Waals surface area contributed by atoms with Crippen LogP contribution in [0.4, 0.5) is 0 Å². The lowest BCUT2D eigenvalue weighted by Gasteiger charge is -2.15. The molecular formula is C13H20N2O2. The van der Waals surface area contributed by atoms with Gasteiger partial charge in [0.15, 0.2) is 0 Å². The van der Waals surface area contributed by atoms with E-state index in [9.17, 15) is 0 Å². The van der Waals surface area contributed by atoms with Crippen molar-refractivity contribution in [2.24, 2.45) is 5.92 Å². The number of nitrogens with zero attached hydrogens (tertiary/aromatic N) is 2. The summed E-state index contributed by atoms with van der Waals surface area (Å²) in [6.07, 6.45) is 1.08. The summed E-state index contributed by atoms with van der Waals surface area (Å²) >= 11 is 0. The lowest BCUT2D eigenvalue weighted by Crippen LogP contribution is -2.21. The van der Waals surface area contributed by atoms with Gasteiger partial charge in [0.2, 0.25) is 0 Å². The van der Waals surface area contributed by atoms with Crippen LogP contribution in [0, 0.1) is 12.8 Å². The van der Waals surface area contributed by atoms with Gasteiger partial charge in [-0.2, -0.15) is 0 Å². The summed E-state index contributed by atoms with van der Waals surface area (Å²) in [5, 5.41) is 9.11. The number of hydrogen-bond acceptors (Lipinski definition) is 4. The zero-order valence-corrected chi connectivity index (χ0v) is 10.5. The van der Waals surface area contributed by atoms with Crippen LogP contribution in [0.2, 0.25) is 0 Å². The predicted molar refractivity (Wildman–Crippen MR) is 66.0 cm³/mol. The Labute approximate surface area is 102 Å². The molecule has 17 heavy (non-hydrogen) atoms. The number of aromatic nitrogens is 1. The Balaban J connectivity index is 2.01. The van der Waals surface area contributed by atoms with Crippen LogP contribution in [0.15, 0.2) is 12.1 Å². The number of aliphatic hydroxyl groups is 1. The average molecular weight is 236 g/mol. The molecule has 1 saturated heterocycles. The van der Waals surface area contributed by atoms with E-state index >= 15 is 0 Å². The number of likely N-dealkylation sites (tertiary alicyclic amines) is 1. The summed E-state index contributed by atoms with van der Waals surface area (Å²) in [6.45, 7) is 5.12. The topological polar surface area (TPSA) is 45.6 Å². The molecule has 1 aromatic rings. The first-order valence-corrected chi connectivity index (χ1v) is 6.06. The first-order chi connectivity index (χ1) is 8.21. The summed E-state index contributed by atoms with van der Waals surface area (Å²) in [5.41, 5.74) is 2.03. The van der Waals surface area contributed by atoms with Gasteiger partial charge in [0, 0.05) is 37.5 Å². The maximum Gasteiger partial charge on any atom is 0.122 e. The van der Waals surface area contributed by atoms with Crippen LogP contribution in [-0.4, -0.2) is 41.8 Å². The van der Waals surface area contributed by atoms with Crippen molar-refractivity contribution in [1.29, 1.82) is 0 Å². The van der Waals surface area contributed by atoms with Crippen LogP contribution in [0.3, 0.4) is 0 Å². The molecule has 0 aliphatic carbocycles. The fourth-order valence-electron chi connectivity index (χ4n) is 2.34. The Kier molecular flexibility index (Phi) is 3.97. The number of rotatable bonds is 4. The molecular weight excluding hydrogens is 216 g/mol. The normalized spacial score (nSPS) is 20.8. The molecule has 4 nitrogen and oxygen atoms in total. The standard InChI is InChI=1S/C13H20N2O2/c1-10-5-13(17-2)6-12(14-10)8-15-4-3-11(7-15)9-16/h5-6,11,16H,3-4,7-9H2,1-2H3. The van der Waals surface area contributed by atoms with E-state index in [2.05, 4.69) is 9.88 Å². The Bertz CT molecular complexity index is 382. The van der Waals surface area contributed by atoms with Crippen molar-refractivity contribution in [1.82, 2.24) is 9.88 Å². The van der Waals surface area contributed by atoms with Crippen molar-refractivity contribution < 1.29 is 9.84 Å². The van der Waals surface area contributed by atoms with Gasteiger partial charge in [-0.15, -0.1) is 0 Å². The highest BCUT2D eigenvalue weighted by atomic mass is 16.5. The minimum atomic E-state index is 0.293. The summed E-state index contributed by atoms with van der Waals surface area (Å²) in [7, 11) is 1.68. The SMILES string of the molecule is COc1cc(C)nc(CN2CCC(CO)C2)c1. The molecule has 1 fully saturated rings. The summed E-state index contributed by atoms with van der Waals surface area (Å²) in [5.74, 6) is 1.30. The molecule has 4 heteroatoms. The Hall–Kier alpha value is -1.13. The quantitative estimate of drug-likeness (QED) is 0.853. The number of hydrogen-bond donors (Lipinski definition) is 1. The van der Waals surface area contributed by atoms with Gasteiger partial charge in [-0.05, 0) is 25.8 Å². The zero-order chi connectivity index (χ0) is 12.3. The summed E-state index contributed by atoms with van der Waals surface area (Å²) in [6, 6.07) is 3.92. The third kappa shape index (κ3) is 3.17. The molecule has 2 rings (SSSR count). The lowest BCUT2D eigenvalue weighted by molar-refractivity contribution is 0.219. The Morgan fingerprint density at radius 2 is 2.35 bits per heavy atom. The molecule has 0 saturated carbocycles. The van der Waals surface area contributed by atoms with Gasteiger partial charge in [-0.3, -0.25) is 9.88 Å². The monoisotopic (exact) mass is 236 g/mol. The lowest BCUT2D eigenvalue weighted by atomic mass is 10.1. The molecule has 0 spiro atoms. The van der Waals surface area contributed by atoms with Gasteiger partial charge in [-0.1, -0.05) is 0 Å². The van der Waals surface area contributed by atoms with Crippen molar-refractivity contribution in [3.63, 3.8) is 0 Å². The van der Waals surface area contributed by atoms with E-state index in [-0.39, 0.29) is 0 Å². The van der Waals surface area contributed by atoms with E-state index in [4.69, 9.17) is 9.84 Å². The molecule has 1 aliphatic rings. The molecule has 1 unspecified atom stereocenters. The van der Waals surface area contributed by atoms with E-state index in [1.165, 1.54) is 0 Å². The molecule has 94 valence electrons. The van der Waals surface area contributed by atoms with Gasteiger partial charge in [0.1, 0.15) is 5.75 Å². The first-order valence-electron chi connectivity index (χ1n) is 6.06. The third-order valence-electron chi connectivity index (χ3n) is 3.23. The zero-order valence-electron chi connectivity index (χ0n) is 10.5. The number of aliphatic hydroxyl groups excluding tert-OH is 1. The molecule has 1 atom stereocenters. The van der Waals surface area contributed by atoms with E-state index < -0.39 is 0 Å². The number of methoxy groups -OCH3 is 1. The highest BCUT2D eigenvalue weighted by Gasteiger charge is 2.22. The van der Waals surface area contributed by atoms with Gasteiger partial charge >= 0.3 is 0 Å². The van der Waals surface area contributed by atoms with Crippen molar-refractivity contribution in [2.45, 2.75) is 19.9 Å². The van der Waals surface area contributed by atoms with Gasteiger partial charge in [0.25, 0.3) is 0 Å². The molecule has 0 amide bonds. The van der Waals surface area contributed by atoms with Gasteiger partial charge in [0.05, 0.1) is 12.8 Å². The maximum atomic E-state index is 9.11. The van der Waals surface area contributed by atoms with Crippen LogP contribution in [0.1, 0.15) is 17.8 Å². The van der Waals surface area contributed by atoms with Gasteiger partial charge in [-0.25, -0.2) is 0 Å². The molecule has 1 N–H and O–H groups in total. The van der Waals surface area contributed by atoms with Gasteiger partial charge < -0.3 is 9.84 Å². The maximum absolute atomic E-state index is 9.11. The van der Waals surface area contributed by atoms with Crippen molar-refractivity contribution in [2.75, 3.05) is 26.8 Å². The molecule has 0 aromatic carbocycles. The number of aryl methyl sites for hydroxylation is 1. The summed E-state index contributed by atoms with van der Waals surface area (Å²) in [4.78, 5) is 6.85. The van der Waals surface area contributed by atoms with Crippen LogP contribution >= 0.6 is 0 Å². The second kappa shape index (κ2) is 5.47. The van der Waals surface area contributed by atoms with E-state index in [1.54, 1.807) is 7.11 Å². The minimum Gasteiger partial charge on any atom is -0.497 e. The van der Waals surface area contributed by atoms with Crippen molar-refractivity contribution >= 4 is 0 Å². The Morgan fingerprint density at radius 3 is 3.00 bits per heavy atom. The molecule has 0 radical (unpaired) electrons. The summed E-state index contributed by atoms with van der Waals surface area (Å²) < 4.78 is 5.24. The number of pyridine rings is 1. The smallest absolute Gasteiger partial charge is 0.122 e. The molecule has 0 bridgehead atoms. The third-order valence-corrected chi connectivity index (χ3v) is 3.23. The van der Waals surface area contributed by atoms with Crippen LogP contribution in [0.5, 0.6) is 5.75 Å². The van der Waals surface area contributed by atoms with E-state index in [0.717, 1.165) is 43.2 Å². The van der Waals surface area contributed by atoms with Crippen LogP contribution in [-0.2, 0) is 6.54 Å². The second-order valence-corrected chi connectivity index (χ2v) is 4.71. The second-order valence-electron chi connectivity index (χ2n) is 4.71. The number of ether oxygens (including phenoxy) is 1. The fourth-order valence-corrected chi connectivity index (χ4v) is 2.34. The first kappa shape index (κ1) is 12.3.